The van der Waals surface area contributed by atoms with Gasteiger partial charge in [0.15, 0.2) is 5.13 Å². The lowest BCUT2D eigenvalue weighted by molar-refractivity contribution is -0.115. The van der Waals surface area contributed by atoms with E-state index < -0.39 is 5.91 Å². The van der Waals surface area contributed by atoms with Crippen LogP contribution in [0.5, 0.6) is 0 Å². The maximum atomic E-state index is 12.0. The van der Waals surface area contributed by atoms with Crippen molar-refractivity contribution in [3.8, 4) is 0 Å². The van der Waals surface area contributed by atoms with Crippen molar-refractivity contribution in [1.82, 2.24) is 10.3 Å². The molecular weight excluding hydrogens is 370 g/mol. The van der Waals surface area contributed by atoms with Crippen LogP contribution in [0.1, 0.15) is 20.8 Å². The Bertz CT molecular complexity index is 912. The van der Waals surface area contributed by atoms with Crippen LogP contribution in [-0.4, -0.2) is 23.3 Å². The fourth-order valence-corrected chi connectivity index (χ4v) is 3.39. The Morgan fingerprint density at radius 2 is 1.77 bits per heavy atom. The zero-order valence-corrected chi connectivity index (χ0v) is 15.3. The van der Waals surface area contributed by atoms with Gasteiger partial charge in [-0.2, -0.15) is 0 Å². The second-order valence-corrected chi connectivity index (χ2v) is 7.03. The van der Waals surface area contributed by atoms with Crippen molar-refractivity contribution < 1.29 is 9.59 Å². The monoisotopic (exact) mass is 385 g/mol. The molecule has 0 bridgehead atoms. The number of carbonyl (C=O) groups is 2. The lowest BCUT2D eigenvalue weighted by Gasteiger charge is -2.06. The number of aromatic nitrogens is 1. The number of nitrogens with one attached hydrogen (secondary N) is 2. The molecule has 2 amide bonds. The summed E-state index contributed by atoms with van der Waals surface area (Å²) in [5.74, 6) is -0.735. The summed E-state index contributed by atoms with van der Waals surface area (Å²) < 4.78 is 0. The van der Waals surface area contributed by atoms with Gasteiger partial charge in [-0.3, -0.25) is 9.59 Å². The first kappa shape index (κ1) is 18.1. The average Bonchev–Trinajstić information content (AvgIpc) is 3.07. The van der Waals surface area contributed by atoms with E-state index in [2.05, 4.69) is 15.6 Å². The molecule has 26 heavy (non-hydrogen) atoms. The van der Waals surface area contributed by atoms with Crippen LogP contribution in [0.3, 0.4) is 0 Å². The Hall–Kier alpha value is -2.70. The first-order valence-electron chi connectivity index (χ1n) is 7.93. The van der Waals surface area contributed by atoms with E-state index in [0.717, 1.165) is 11.3 Å². The van der Waals surface area contributed by atoms with Crippen LogP contribution in [0, 0.1) is 0 Å². The number of hydrogen-bond acceptors (Lipinski definition) is 4. The van der Waals surface area contributed by atoms with Crippen LogP contribution in [0.4, 0.5) is 5.13 Å². The van der Waals surface area contributed by atoms with Gasteiger partial charge in [0.25, 0.3) is 5.91 Å². The largest absolute Gasteiger partial charge is 0.343 e. The van der Waals surface area contributed by atoms with Gasteiger partial charge in [-0.1, -0.05) is 54.1 Å². The van der Waals surface area contributed by atoms with Gasteiger partial charge in [-0.15, -0.1) is 11.3 Å². The standard InChI is InChI=1S/C19H16ClN3O2S/c20-16-9-5-4-8-15(16)18(25)21-12-17(24)23-19-22-11-14(26-19)10-13-6-2-1-3-7-13/h1-9,11H,10,12H2,(H,21,25)(H,22,23,24). The predicted molar refractivity (Wildman–Crippen MR) is 104 cm³/mol. The third-order valence-electron chi connectivity index (χ3n) is 3.55. The van der Waals surface area contributed by atoms with Gasteiger partial charge in [-0.05, 0) is 17.7 Å². The molecule has 5 nitrogen and oxygen atoms in total. The summed E-state index contributed by atoms with van der Waals surface area (Å²) in [5.41, 5.74) is 1.52. The molecule has 0 fully saturated rings. The number of anilines is 1. The number of benzene rings is 2. The Morgan fingerprint density at radius 1 is 1.04 bits per heavy atom. The molecule has 0 radical (unpaired) electrons. The number of amides is 2. The van der Waals surface area contributed by atoms with Gasteiger partial charge in [0.1, 0.15) is 0 Å². The molecule has 0 aliphatic rings. The van der Waals surface area contributed by atoms with Crippen molar-refractivity contribution in [2.24, 2.45) is 0 Å². The molecule has 0 atom stereocenters. The number of carbonyl (C=O) groups excluding carboxylic acids is 2. The summed E-state index contributed by atoms with van der Waals surface area (Å²) in [6.07, 6.45) is 2.51. The minimum Gasteiger partial charge on any atom is -0.343 e. The fourth-order valence-electron chi connectivity index (χ4n) is 2.31. The third kappa shape index (κ3) is 4.91. The molecular formula is C19H16ClN3O2S. The van der Waals surface area contributed by atoms with E-state index in [1.165, 1.54) is 16.9 Å². The van der Waals surface area contributed by atoms with Gasteiger partial charge in [0.05, 0.1) is 17.1 Å². The van der Waals surface area contributed by atoms with E-state index in [-0.39, 0.29) is 12.5 Å². The normalized spacial score (nSPS) is 10.3. The van der Waals surface area contributed by atoms with Crippen LogP contribution in [0.2, 0.25) is 5.02 Å². The maximum Gasteiger partial charge on any atom is 0.253 e. The van der Waals surface area contributed by atoms with E-state index in [0.29, 0.717) is 15.7 Å². The Balaban J connectivity index is 1.51. The summed E-state index contributed by atoms with van der Waals surface area (Å²) in [6.45, 7) is -0.155. The molecule has 2 N–H and O–H groups in total. The van der Waals surface area contributed by atoms with E-state index >= 15 is 0 Å². The maximum absolute atomic E-state index is 12.0. The summed E-state index contributed by atoms with van der Waals surface area (Å²) in [7, 11) is 0. The van der Waals surface area contributed by atoms with Gasteiger partial charge < -0.3 is 10.6 Å². The van der Waals surface area contributed by atoms with Gasteiger partial charge in [0, 0.05) is 17.5 Å². The molecule has 0 saturated heterocycles. The van der Waals surface area contributed by atoms with Crippen LogP contribution < -0.4 is 10.6 Å². The molecule has 0 unspecified atom stereocenters. The lowest BCUT2D eigenvalue weighted by atomic mass is 10.1. The zero-order valence-electron chi connectivity index (χ0n) is 13.7. The predicted octanol–water partition coefficient (Wildman–Crippen LogP) is 3.76. The number of hydrogen-bond donors (Lipinski definition) is 2. The minimum atomic E-state index is -0.394. The molecule has 7 heteroatoms. The van der Waals surface area contributed by atoms with Crippen molar-refractivity contribution in [1.29, 1.82) is 0 Å². The average molecular weight is 386 g/mol. The smallest absolute Gasteiger partial charge is 0.253 e. The highest BCUT2D eigenvalue weighted by Gasteiger charge is 2.12. The van der Waals surface area contributed by atoms with Crippen molar-refractivity contribution >= 4 is 39.9 Å². The Kier molecular flexibility index (Phi) is 5.99. The second kappa shape index (κ2) is 8.60. The van der Waals surface area contributed by atoms with Gasteiger partial charge in [-0.25, -0.2) is 4.98 Å². The first-order chi connectivity index (χ1) is 12.6. The molecule has 0 saturated carbocycles. The number of thiazole rings is 1. The molecule has 3 aromatic rings. The van der Waals surface area contributed by atoms with Crippen LogP contribution >= 0.6 is 22.9 Å². The molecule has 0 aliphatic carbocycles. The topological polar surface area (TPSA) is 71.1 Å². The van der Waals surface area contributed by atoms with Gasteiger partial charge in [0.2, 0.25) is 5.91 Å². The van der Waals surface area contributed by atoms with Crippen molar-refractivity contribution in [3.63, 3.8) is 0 Å². The van der Waals surface area contributed by atoms with Gasteiger partial charge >= 0.3 is 0 Å². The minimum absolute atomic E-state index is 0.155. The van der Waals surface area contributed by atoms with E-state index in [1.807, 2.05) is 30.3 Å². The molecule has 2 aromatic carbocycles. The highest BCUT2D eigenvalue weighted by atomic mass is 35.5. The molecule has 132 valence electrons. The van der Waals surface area contributed by atoms with E-state index in [4.69, 9.17) is 11.6 Å². The summed E-state index contributed by atoms with van der Waals surface area (Å²) >= 11 is 7.38. The molecule has 0 spiro atoms. The number of halogens is 1. The van der Waals surface area contributed by atoms with Crippen LogP contribution in [0.15, 0.2) is 60.8 Å². The molecule has 1 aromatic heterocycles. The third-order valence-corrected chi connectivity index (χ3v) is 4.79. The van der Waals surface area contributed by atoms with Crippen molar-refractivity contribution in [2.45, 2.75) is 6.42 Å². The highest BCUT2D eigenvalue weighted by Crippen LogP contribution is 2.21. The highest BCUT2D eigenvalue weighted by molar-refractivity contribution is 7.15. The first-order valence-corrected chi connectivity index (χ1v) is 9.12. The molecule has 1 heterocycles. The SMILES string of the molecule is O=C(CNC(=O)c1ccccc1Cl)Nc1ncc(Cc2ccccc2)s1. The van der Waals surface area contributed by atoms with E-state index in [9.17, 15) is 9.59 Å². The number of rotatable bonds is 6. The zero-order chi connectivity index (χ0) is 18.4. The molecule has 3 rings (SSSR count). The second-order valence-electron chi connectivity index (χ2n) is 5.50. The Labute approximate surface area is 160 Å². The fraction of sp³-hybridized carbons (Fsp3) is 0.105. The number of nitrogens with zero attached hydrogens (tertiary/aromatic N) is 1. The van der Waals surface area contributed by atoms with Crippen LogP contribution in [0.25, 0.3) is 0 Å². The summed E-state index contributed by atoms with van der Waals surface area (Å²) in [6, 6.07) is 16.7. The van der Waals surface area contributed by atoms with E-state index in [1.54, 1.807) is 30.5 Å². The van der Waals surface area contributed by atoms with Crippen LogP contribution in [-0.2, 0) is 11.2 Å². The lowest BCUT2D eigenvalue weighted by Crippen LogP contribution is -2.32. The quantitative estimate of drug-likeness (QED) is 0.678. The van der Waals surface area contributed by atoms with Crippen molar-refractivity contribution in [3.05, 3.63) is 81.8 Å². The molecule has 0 aliphatic heterocycles. The summed E-state index contributed by atoms with van der Waals surface area (Å²) in [5, 5.41) is 6.09. The van der Waals surface area contributed by atoms with Crippen molar-refractivity contribution in [2.75, 3.05) is 11.9 Å². The Morgan fingerprint density at radius 3 is 2.54 bits per heavy atom. The summed E-state index contributed by atoms with van der Waals surface area (Å²) in [4.78, 5) is 29.3.